The number of hydrogen-bond acceptors (Lipinski definition) is 4. The molecule has 0 aliphatic rings. The molecule has 6 nitrogen and oxygen atoms in total. The molecular formula is C10H11N3O3S. The van der Waals surface area contributed by atoms with Crippen LogP contribution in [0.3, 0.4) is 0 Å². The maximum absolute atomic E-state index is 10.8. The van der Waals surface area contributed by atoms with E-state index in [9.17, 15) is 14.9 Å². The van der Waals surface area contributed by atoms with Crippen molar-refractivity contribution in [1.29, 1.82) is 0 Å². The highest BCUT2D eigenvalue weighted by Gasteiger charge is 2.13. The summed E-state index contributed by atoms with van der Waals surface area (Å²) in [5.74, 6) is -0.300. The minimum atomic E-state index is -0.470. The Morgan fingerprint density at radius 3 is 2.65 bits per heavy atom. The van der Waals surface area contributed by atoms with Crippen molar-refractivity contribution < 1.29 is 9.72 Å². The average Bonchev–Trinajstić information content (AvgIpc) is 2.19. The van der Waals surface area contributed by atoms with Crippen LogP contribution in [-0.4, -0.2) is 15.9 Å². The average molecular weight is 253 g/mol. The van der Waals surface area contributed by atoms with Gasteiger partial charge in [-0.25, -0.2) is 0 Å². The molecule has 1 aromatic carbocycles. The number of anilines is 1. The van der Waals surface area contributed by atoms with Gasteiger partial charge in [0.15, 0.2) is 5.11 Å². The highest BCUT2D eigenvalue weighted by Crippen LogP contribution is 2.24. The summed E-state index contributed by atoms with van der Waals surface area (Å²) in [5, 5.41) is 15.9. The molecule has 0 atom stereocenters. The third kappa shape index (κ3) is 3.49. The second-order valence-electron chi connectivity index (χ2n) is 3.34. The first-order chi connectivity index (χ1) is 7.91. The zero-order valence-electron chi connectivity index (χ0n) is 9.31. The number of rotatable bonds is 2. The molecule has 0 bridgehead atoms. The van der Waals surface area contributed by atoms with Crippen molar-refractivity contribution in [1.82, 2.24) is 5.32 Å². The summed E-state index contributed by atoms with van der Waals surface area (Å²) in [6.45, 7) is 2.94. The summed E-state index contributed by atoms with van der Waals surface area (Å²) in [6, 6.07) is 4.60. The fraction of sp³-hybridized carbons (Fsp3) is 0.200. The summed E-state index contributed by atoms with van der Waals surface area (Å²) in [7, 11) is 0. The second kappa shape index (κ2) is 5.35. The summed E-state index contributed by atoms with van der Waals surface area (Å²) in [5.41, 5.74) is 0.962. The lowest BCUT2D eigenvalue weighted by molar-refractivity contribution is -0.385. The lowest BCUT2D eigenvalue weighted by Crippen LogP contribution is -2.32. The van der Waals surface area contributed by atoms with E-state index >= 15 is 0 Å². The summed E-state index contributed by atoms with van der Waals surface area (Å²) >= 11 is 4.87. The van der Waals surface area contributed by atoms with Gasteiger partial charge in [0.1, 0.15) is 0 Å². The van der Waals surface area contributed by atoms with Crippen LogP contribution >= 0.6 is 12.2 Å². The molecule has 0 saturated heterocycles. The van der Waals surface area contributed by atoms with E-state index in [0.29, 0.717) is 11.3 Å². The number of amides is 1. The van der Waals surface area contributed by atoms with E-state index in [0.717, 1.165) is 0 Å². The van der Waals surface area contributed by atoms with E-state index in [1.54, 1.807) is 19.1 Å². The number of carbonyl (C=O) groups excluding carboxylic acids is 1. The number of hydrogen-bond donors (Lipinski definition) is 2. The SMILES string of the molecule is CC(=O)NC(=S)Nc1cccc([N+](=O)[O-])c1C. The molecule has 0 unspecified atom stereocenters. The molecule has 0 fully saturated rings. The van der Waals surface area contributed by atoms with Crippen molar-refractivity contribution in [2.75, 3.05) is 5.32 Å². The van der Waals surface area contributed by atoms with Crippen LogP contribution in [0.1, 0.15) is 12.5 Å². The van der Waals surface area contributed by atoms with Crippen LogP contribution < -0.4 is 10.6 Å². The van der Waals surface area contributed by atoms with Gasteiger partial charge in [0.25, 0.3) is 5.69 Å². The minimum Gasteiger partial charge on any atom is -0.332 e. The van der Waals surface area contributed by atoms with E-state index in [1.165, 1.54) is 13.0 Å². The van der Waals surface area contributed by atoms with Crippen LogP contribution in [-0.2, 0) is 4.79 Å². The predicted octanol–water partition coefficient (Wildman–Crippen LogP) is 1.74. The van der Waals surface area contributed by atoms with Crippen molar-refractivity contribution in [3.05, 3.63) is 33.9 Å². The Labute approximate surface area is 103 Å². The van der Waals surface area contributed by atoms with Crippen LogP contribution in [0.2, 0.25) is 0 Å². The zero-order valence-corrected chi connectivity index (χ0v) is 10.1. The van der Waals surface area contributed by atoms with E-state index in [2.05, 4.69) is 10.6 Å². The van der Waals surface area contributed by atoms with Gasteiger partial charge in [0, 0.05) is 13.0 Å². The number of thiocarbonyl (C=S) groups is 1. The van der Waals surface area contributed by atoms with E-state index in [1.807, 2.05) is 0 Å². The fourth-order valence-corrected chi connectivity index (χ4v) is 1.52. The van der Waals surface area contributed by atoms with Crippen molar-refractivity contribution >= 4 is 34.6 Å². The molecule has 0 heterocycles. The molecule has 0 saturated carbocycles. The van der Waals surface area contributed by atoms with Gasteiger partial charge in [-0.1, -0.05) is 6.07 Å². The predicted molar refractivity (Wildman–Crippen MR) is 67.9 cm³/mol. The number of nitro groups is 1. The van der Waals surface area contributed by atoms with Gasteiger partial charge in [0.05, 0.1) is 16.2 Å². The third-order valence-electron chi connectivity index (χ3n) is 2.04. The molecule has 1 aromatic rings. The fourth-order valence-electron chi connectivity index (χ4n) is 1.27. The molecule has 17 heavy (non-hydrogen) atoms. The van der Waals surface area contributed by atoms with Crippen LogP contribution in [0.15, 0.2) is 18.2 Å². The van der Waals surface area contributed by atoms with E-state index < -0.39 is 4.92 Å². The van der Waals surface area contributed by atoms with Gasteiger partial charge in [-0.05, 0) is 25.2 Å². The zero-order chi connectivity index (χ0) is 13.0. The summed E-state index contributed by atoms with van der Waals surface area (Å²) in [6.07, 6.45) is 0. The first-order valence-corrected chi connectivity index (χ1v) is 5.15. The third-order valence-corrected chi connectivity index (χ3v) is 2.24. The molecule has 0 radical (unpaired) electrons. The molecule has 0 aliphatic heterocycles. The number of nitrogens with one attached hydrogen (secondary N) is 2. The van der Waals surface area contributed by atoms with E-state index in [4.69, 9.17) is 12.2 Å². The van der Waals surface area contributed by atoms with Gasteiger partial charge in [-0.2, -0.15) is 0 Å². The molecule has 90 valence electrons. The number of nitro benzene ring substituents is 1. The van der Waals surface area contributed by atoms with Crippen molar-refractivity contribution in [2.45, 2.75) is 13.8 Å². The largest absolute Gasteiger partial charge is 0.332 e. The van der Waals surface area contributed by atoms with Crippen LogP contribution in [0.25, 0.3) is 0 Å². The minimum absolute atomic E-state index is 0.000579. The molecule has 0 spiro atoms. The van der Waals surface area contributed by atoms with Crippen molar-refractivity contribution in [3.63, 3.8) is 0 Å². The number of carbonyl (C=O) groups is 1. The number of nitrogens with zero attached hydrogens (tertiary/aromatic N) is 1. The quantitative estimate of drug-likeness (QED) is 0.476. The molecule has 1 rings (SSSR count). The van der Waals surface area contributed by atoms with Crippen molar-refractivity contribution in [3.8, 4) is 0 Å². The lowest BCUT2D eigenvalue weighted by atomic mass is 10.1. The van der Waals surface area contributed by atoms with Crippen LogP contribution in [0.4, 0.5) is 11.4 Å². The van der Waals surface area contributed by atoms with Gasteiger partial charge < -0.3 is 10.6 Å². The highest BCUT2D eigenvalue weighted by molar-refractivity contribution is 7.80. The van der Waals surface area contributed by atoms with Gasteiger partial charge in [-0.15, -0.1) is 0 Å². The van der Waals surface area contributed by atoms with Gasteiger partial charge in [-0.3, -0.25) is 14.9 Å². The molecular weight excluding hydrogens is 242 g/mol. The molecule has 7 heteroatoms. The molecule has 0 aromatic heterocycles. The maximum atomic E-state index is 10.8. The molecule has 1 amide bonds. The Morgan fingerprint density at radius 2 is 2.12 bits per heavy atom. The van der Waals surface area contributed by atoms with Gasteiger partial charge in [0.2, 0.25) is 5.91 Å². The second-order valence-corrected chi connectivity index (χ2v) is 3.75. The van der Waals surface area contributed by atoms with E-state index in [-0.39, 0.29) is 16.7 Å². The van der Waals surface area contributed by atoms with Crippen molar-refractivity contribution in [2.24, 2.45) is 0 Å². The first kappa shape index (κ1) is 13.0. The van der Waals surface area contributed by atoms with Crippen LogP contribution in [0.5, 0.6) is 0 Å². The number of benzene rings is 1. The lowest BCUT2D eigenvalue weighted by Gasteiger charge is -2.10. The highest BCUT2D eigenvalue weighted by atomic mass is 32.1. The normalized spacial score (nSPS) is 9.53. The summed E-state index contributed by atoms with van der Waals surface area (Å²) in [4.78, 5) is 21.0. The topological polar surface area (TPSA) is 84.3 Å². The standard InChI is InChI=1S/C10H11N3O3S/c1-6-8(12-10(17)11-7(2)14)4-3-5-9(6)13(15)16/h3-5H,1-2H3,(H2,11,12,14,17). The summed E-state index contributed by atoms with van der Waals surface area (Å²) < 4.78 is 0. The Bertz CT molecular complexity index is 488. The Morgan fingerprint density at radius 1 is 1.47 bits per heavy atom. The van der Waals surface area contributed by atoms with Gasteiger partial charge >= 0.3 is 0 Å². The maximum Gasteiger partial charge on any atom is 0.274 e. The first-order valence-electron chi connectivity index (χ1n) is 4.74. The molecule has 2 N–H and O–H groups in total. The monoisotopic (exact) mass is 253 g/mol. The Kier molecular flexibility index (Phi) is 4.11. The molecule has 0 aliphatic carbocycles. The smallest absolute Gasteiger partial charge is 0.274 e. The van der Waals surface area contributed by atoms with Crippen LogP contribution in [0, 0.1) is 17.0 Å². The Balaban J connectivity index is 2.92. The Hall–Kier alpha value is -2.02.